The van der Waals surface area contributed by atoms with Crippen molar-refractivity contribution in [1.29, 1.82) is 5.26 Å². The Bertz CT molecular complexity index is 1310. The van der Waals surface area contributed by atoms with Gasteiger partial charge in [0.2, 0.25) is 0 Å². The Morgan fingerprint density at radius 3 is 2.60 bits per heavy atom. The van der Waals surface area contributed by atoms with Crippen LogP contribution in [0.5, 0.6) is 0 Å². The van der Waals surface area contributed by atoms with E-state index in [-0.39, 0.29) is 5.56 Å². The summed E-state index contributed by atoms with van der Waals surface area (Å²) in [6.45, 7) is 6.26. The normalized spacial score (nSPS) is 10.8. The lowest BCUT2D eigenvalue weighted by atomic mass is 10.1. The van der Waals surface area contributed by atoms with Gasteiger partial charge in [-0.15, -0.1) is 17.9 Å². The molecule has 0 bridgehead atoms. The van der Waals surface area contributed by atoms with E-state index in [4.69, 9.17) is 10.2 Å². The van der Waals surface area contributed by atoms with Crippen LogP contribution in [0.4, 0.5) is 0 Å². The van der Waals surface area contributed by atoms with Crippen LogP contribution in [0.3, 0.4) is 0 Å². The molecule has 0 saturated carbocycles. The van der Waals surface area contributed by atoms with Gasteiger partial charge in [-0.2, -0.15) is 5.26 Å². The molecule has 30 heavy (non-hydrogen) atoms. The van der Waals surface area contributed by atoms with Crippen molar-refractivity contribution in [2.75, 3.05) is 0 Å². The zero-order valence-electron chi connectivity index (χ0n) is 16.5. The number of nitrogens with zero attached hydrogens (tertiary/aromatic N) is 3. The van der Waals surface area contributed by atoms with E-state index >= 15 is 0 Å². The van der Waals surface area contributed by atoms with Crippen LogP contribution in [0.25, 0.3) is 21.3 Å². The molecule has 0 aliphatic rings. The van der Waals surface area contributed by atoms with E-state index in [0.717, 1.165) is 21.5 Å². The maximum atomic E-state index is 13.4. The maximum absolute atomic E-state index is 13.4. The smallest absolute Gasteiger partial charge is 0.263 e. The first kappa shape index (κ1) is 20.1. The van der Waals surface area contributed by atoms with Crippen molar-refractivity contribution >= 4 is 33.3 Å². The minimum atomic E-state index is -0.0425. The van der Waals surface area contributed by atoms with Gasteiger partial charge in [-0.1, -0.05) is 59.8 Å². The highest BCUT2D eigenvalue weighted by molar-refractivity contribution is 7.98. The number of aryl methyl sites for hydroxylation is 1. The number of fused-ring (bicyclic) bond motifs is 1. The van der Waals surface area contributed by atoms with Gasteiger partial charge < -0.3 is 0 Å². The van der Waals surface area contributed by atoms with Gasteiger partial charge in [-0.05, 0) is 30.2 Å². The lowest BCUT2D eigenvalue weighted by molar-refractivity contribution is 0.673. The molecule has 4 nitrogen and oxygen atoms in total. The number of thiophene rings is 1. The Balaban J connectivity index is 1.74. The molecule has 0 aliphatic heterocycles. The highest BCUT2D eigenvalue weighted by Gasteiger charge is 2.17. The van der Waals surface area contributed by atoms with Crippen LogP contribution < -0.4 is 5.56 Å². The molecule has 0 spiro atoms. The first-order valence-electron chi connectivity index (χ1n) is 9.42. The molecule has 148 valence electrons. The number of rotatable bonds is 6. The summed E-state index contributed by atoms with van der Waals surface area (Å²) in [4.78, 5) is 18.9. The summed E-state index contributed by atoms with van der Waals surface area (Å²) in [6.07, 6.45) is 1.72. The zero-order valence-corrected chi connectivity index (χ0v) is 18.1. The quantitative estimate of drug-likeness (QED) is 0.221. The van der Waals surface area contributed by atoms with Crippen LogP contribution in [-0.4, -0.2) is 9.55 Å². The van der Waals surface area contributed by atoms with Gasteiger partial charge in [0.25, 0.3) is 5.56 Å². The number of nitriles is 1. The predicted molar refractivity (Wildman–Crippen MR) is 125 cm³/mol. The van der Waals surface area contributed by atoms with Crippen molar-refractivity contribution in [2.24, 2.45) is 0 Å². The van der Waals surface area contributed by atoms with E-state index in [2.05, 4.69) is 24.8 Å². The van der Waals surface area contributed by atoms with Crippen LogP contribution in [-0.2, 0) is 12.3 Å². The van der Waals surface area contributed by atoms with Crippen molar-refractivity contribution < 1.29 is 0 Å². The second kappa shape index (κ2) is 8.70. The van der Waals surface area contributed by atoms with E-state index in [0.29, 0.717) is 28.4 Å². The van der Waals surface area contributed by atoms with Crippen molar-refractivity contribution in [2.45, 2.75) is 24.4 Å². The van der Waals surface area contributed by atoms with Crippen LogP contribution in [0.2, 0.25) is 0 Å². The summed E-state index contributed by atoms with van der Waals surface area (Å²) in [6, 6.07) is 17.8. The van der Waals surface area contributed by atoms with E-state index in [1.54, 1.807) is 22.8 Å². The second-order valence-electron chi connectivity index (χ2n) is 6.89. The summed E-state index contributed by atoms with van der Waals surface area (Å²) >= 11 is 3.01. The van der Waals surface area contributed by atoms with Crippen LogP contribution in [0.15, 0.2) is 76.5 Å². The third kappa shape index (κ3) is 3.95. The number of hydrogen-bond acceptors (Lipinski definition) is 5. The van der Waals surface area contributed by atoms with Crippen LogP contribution in [0.1, 0.15) is 16.7 Å². The third-order valence-corrected chi connectivity index (χ3v) is 6.70. The molecule has 6 heteroatoms. The first-order chi connectivity index (χ1) is 14.6. The molecule has 0 saturated heterocycles. The van der Waals surface area contributed by atoms with Crippen LogP contribution in [0, 0.1) is 18.3 Å². The standard InChI is InChI=1S/C24H19N3OS2/c1-3-12-27-23(28)21-20(19-10-4-16(2)5-11-19)15-29-22(21)26-24(27)30-14-18-8-6-17(13-25)7-9-18/h3-11,15H,1,12,14H2,2H3. The summed E-state index contributed by atoms with van der Waals surface area (Å²) in [5, 5.41) is 12.3. The molecule has 2 aromatic carbocycles. The second-order valence-corrected chi connectivity index (χ2v) is 8.69. The molecular formula is C24H19N3OS2. The topological polar surface area (TPSA) is 58.7 Å². The molecule has 0 aliphatic carbocycles. The first-order valence-corrected chi connectivity index (χ1v) is 11.3. The average Bonchev–Trinajstić information content (AvgIpc) is 3.19. The largest absolute Gasteiger partial charge is 0.283 e. The molecule has 0 fully saturated rings. The fourth-order valence-electron chi connectivity index (χ4n) is 3.17. The van der Waals surface area contributed by atoms with E-state index < -0.39 is 0 Å². The van der Waals surface area contributed by atoms with Gasteiger partial charge in [-0.25, -0.2) is 4.98 Å². The van der Waals surface area contributed by atoms with Crippen molar-refractivity contribution in [3.8, 4) is 17.2 Å². The van der Waals surface area contributed by atoms with Crippen molar-refractivity contribution in [1.82, 2.24) is 9.55 Å². The fraction of sp³-hybridized carbons (Fsp3) is 0.125. The Morgan fingerprint density at radius 1 is 1.20 bits per heavy atom. The number of allylic oxidation sites excluding steroid dienone is 1. The van der Waals surface area contributed by atoms with Gasteiger partial charge in [0.05, 0.1) is 17.0 Å². The van der Waals surface area contributed by atoms with Gasteiger partial charge in [0.15, 0.2) is 5.16 Å². The number of hydrogen-bond donors (Lipinski definition) is 0. The molecule has 0 amide bonds. The summed E-state index contributed by atoms with van der Waals surface area (Å²) in [7, 11) is 0. The van der Waals surface area contributed by atoms with Gasteiger partial charge in [-0.3, -0.25) is 9.36 Å². The number of thioether (sulfide) groups is 1. The molecule has 0 atom stereocenters. The third-order valence-electron chi connectivity index (χ3n) is 4.78. The molecule has 4 aromatic rings. The van der Waals surface area contributed by atoms with Crippen molar-refractivity contribution in [3.63, 3.8) is 0 Å². The number of aromatic nitrogens is 2. The Morgan fingerprint density at radius 2 is 1.93 bits per heavy atom. The molecular weight excluding hydrogens is 410 g/mol. The molecule has 2 heterocycles. The van der Waals surface area contributed by atoms with Crippen LogP contribution >= 0.6 is 23.1 Å². The summed E-state index contributed by atoms with van der Waals surface area (Å²) in [5.74, 6) is 0.664. The minimum Gasteiger partial charge on any atom is -0.283 e. The highest BCUT2D eigenvalue weighted by Crippen LogP contribution is 2.33. The average molecular weight is 430 g/mol. The van der Waals surface area contributed by atoms with E-state index in [9.17, 15) is 4.79 Å². The lowest BCUT2D eigenvalue weighted by Crippen LogP contribution is -2.22. The minimum absolute atomic E-state index is 0.0425. The Kier molecular flexibility index (Phi) is 5.84. The van der Waals surface area contributed by atoms with E-state index in [1.807, 2.05) is 36.6 Å². The predicted octanol–water partition coefficient (Wildman–Crippen LogP) is 5.78. The maximum Gasteiger partial charge on any atom is 0.263 e. The van der Waals surface area contributed by atoms with Gasteiger partial charge in [0.1, 0.15) is 4.83 Å². The number of benzene rings is 2. The fourth-order valence-corrected chi connectivity index (χ4v) is 5.13. The molecule has 2 aromatic heterocycles. The molecule has 0 N–H and O–H groups in total. The Labute approximate surface area is 183 Å². The van der Waals surface area contributed by atoms with Gasteiger partial charge >= 0.3 is 0 Å². The zero-order chi connectivity index (χ0) is 21.1. The molecule has 0 unspecified atom stereocenters. The highest BCUT2D eigenvalue weighted by atomic mass is 32.2. The monoisotopic (exact) mass is 429 g/mol. The Hall–Kier alpha value is -3.14. The summed E-state index contributed by atoms with van der Waals surface area (Å²) < 4.78 is 1.69. The lowest BCUT2D eigenvalue weighted by Gasteiger charge is -2.11. The van der Waals surface area contributed by atoms with Gasteiger partial charge in [0, 0.05) is 23.2 Å². The molecule has 0 radical (unpaired) electrons. The SMILES string of the molecule is C=CCn1c(SCc2ccc(C#N)cc2)nc2scc(-c3ccc(C)cc3)c2c1=O. The van der Waals surface area contributed by atoms with E-state index in [1.165, 1.54) is 28.7 Å². The summed E-state index contributed by atoms with van der Waals surface area (Å²) in [5.41, 5.74) is 4.79. The molecule has 4 rings (SSSR count). The van der Waals surface area contributed by atoms with Crippen molar-refractivity contribution in [3.05, 3.63) is 93.6 Å².